The second kappa shape index (κ2) is 4.87. The van der Waals surface area contributed by atoms with E-state index in [4.69, 9.17) is 0 Å². The van der Waals surface area contributed by atoms with Crippen LogP contribution in [-0.2, 0) is 5.75 Å². The fourth-order valence-electron chi connectivity index (χ4n) is 1.45. The Bertz CT molecular complexity index is 653. The van der Waals surface area contributed by atoms with Crippen molar-refractivity contribution < 1.29 is 0 Å². The summed E-state index contributed by atoms with van der Waals surface area (Å²) in [5.41, 5.74) is 1.25. The second-order valence-electron chi connectivity index (χ2n) is 3.86. The van der Waals surface area contributed by atoms with E-state index in [1.807, 2.05) is 31.5 Å². The van der Waals surface area contributed by atoms with Crippen molar-refractivity contribution in [3.05, 3.63) is 23.6 Å². The maximum absolute atomic E-state index is 4.17. The highest BCUT2D eigenvalue weighted by Crippen LogP contribution is 2.30. The summed E-state index contributed by atoms with van der Waals surface area (Å²) in [5.74, 6) is 0.887. The van der Waals surface area contributed by atoms with Crippen molar-refractivity contribution in [2.24, 2.45) is 0 Å². The molecule has 0 atom stereocenters. The van der Waals surface area contributed by atoms with Crippen LogP contribution < -0.4 is 4.90 Å². The lowest BCUT2D eigenvalue weighted by Crippen LogP contribution is -2.07. The molecule has 18 heavy (non-hydrogen) atoms. The highest BCUT2D eigenvalue weighted by Gasteiger charge is 2.08. The molecule has 0 saturated heterocycles. The van der Waals surface area contributed by atoms with E-state index in [1.165, 1.54) is 10.5 Å². The number of hydrogen-bond donors (Lipinski definition) is 0. The molecule has 0 fully saturated rings. The first-order valence-electron chi connectivity index (χ1n) is 5.26. The van der Waals surface area contributed by atoms with Gasteiger partial charge in [0, 0.05) is 30.9 Å². The first-order chi connectivity index (χ1) is 8.74. The molecular formula is C10H11N5S3. The van der Waals surface area contributed by atoms with Crippen molar-refractivity contribution in [3.8, 4) is 0 Å². The molecule has 0 radical (unpaired) electrons. The largest absolute Gasteiger partial charge is 0.353 e. The van der Waals surface area contributed by atoms with E-state index in [9.17, 15) is 0 Å². The van der Waals surface area contributed by atoms with E-state index in [2.05, 4.69) is 25.0 Å². The summed E-state index contributed by atoms with van der Waals surface area (Å²) in [7, 11) is 3.95. The lowest BCUT2D eigenvalue weighted by molar-refractivity contribution is 0.971. The van der Waals surface area contributed by atoms with Crippen LogP contribution >= 0.6 is 34.4 Å². The first kappa shape index (κ1) is 11.9. The topological polar surface area (TPSA) is 46.3 Å². The third-order valence-corrected chi connectivity index (χ3v) is 5.54. The maximum Gasteiger partial charge on any atom is 0.208 e. The Kier molecular flexibility index (Phi) is 3.23. The molecule has 3 rings (SSSR count). The van der Waals surface area contributed by atoms with Crippen LogP contribution in [0.25, 0.3) is 4.83 Å². The fourth-order valence-corrected chi connectivity index (χ4v) is 4.14. The Morgan fingerprint density at radius 2 is 2.28 bits per heavy atom. The summed E-state index contributed by atoms with van der Waals surface area (Å²) >= 11 is 5.04. The monoisotopic (exact) mass is 297 g/mol. The van der Waals surface area contributed by atoms with Gasteiger partial charge in [-0.2, -0.15) is 0 Å². The minimum Gasteiger partial charge on any atom is -0.353 e. The number of aromatic nitrogens is 4. The standard InChI is InChI=1S/C10H11N5S3/c1-14(2)9-12-13-10(18-9)17-5-7-4-16-8-3-11-6-15(7)8/h3-4,6H,5H2,1-2H3. The lowest BCUT2D eigenvalue weighted by atomic mass is 10.6. The fraction of sp³-hybridized carbons (Fsp3) is 0.300. The van der Waals surface area contributed by atoms with Crippen LogP contribution in [0.1, 0.15) is 5.69 Å². The maximum atomic E-state index is 4.17. The van der Waals surface area contributed by atoms with E-state index in [-0.39, 0.29) is 0 Å². The number of rotatable bonds is 4. The molecule has 94 valence electrons. The summed E-state index contributed by atoms with van der Waals surface area (Å²) in [6, 6.07) is 0. The second-order valence-corrected chi connectivity index (χ2v) is 6.93. The van der Waals surface area contributed by atoms with Gasteiger partial charge in [-0.3, -0.25) is 4.40 Å². The van der Waals surface area contributed by atoms with Gasteiger partial charge in [0.15, 0.2) is 4.34 Å². The lowest BCUT2D eigenvalue weighted by Gasteiger charge is -2.03. The van der Waals surface area contributed by atoms with Crippen LogP contribution in [-0.4, -0.2) is 33.7 Å². The molecule has 3 aromatic rings. The van der Waals surface area contributed by atoms with E-state index >= 15 is 0 Å². The summed E-state index contributed by atoms with van der Waals surface area (Å²) in [6.07, 6.45) is 3.74. The number of thiazole rings is 1. The van der Waals surface area contributed by atoms with Gasteiger partial charge in [-0.1, -0.05) is 23.1 Å². The summed E-state index contributed by atoms with van der Waals surface area (Å²) < 4.78 is 3.11. The van der Waals surface area contributed by atoms with Crippen molar-refractivity contribution in [1.29, 1.82) is 0 Å². The first-order valence-corrected chi connectivity index (χ1v) is 7.94. The van der Waals surface area contributed by atoms with Gasteiger partial charge in [0.05, 0.1) is 6.20 Å². The SMILES string of the molecule is CN(C)c1nnc(SCc2csc3cncn23)s1. The minimum atomic E-state index is 0.887. The number of anilines is 1. The Morgan fingerprint density at radius 3 is 3.06 bits per heavy atom. The van der Waals surface area contributed by atoms with Crippen LogP contribution in [0.2, 0.25) is 0 Å². The predicted octanol–water partition coefficient (Wildman–Crippen LogP) is 2.61. The third-order valence-electron chi connectivity index (χ3n) is 2.35. The average Bonchev–Trinajstić information content (AvgIpc) is 3.03. The molecule has 5 nitrogen and oxygen atoms in total. The zero-order valence-electron chi connectivity index (χ0n) is 9.90. The van der Waals surface area contributed by atoms with Crippen molar-refractivity contribution in [2.75, 3.05) is 19.0 Å². The van der Waals surface area contributed by atoms with Gasteiger partial charge < -0.3 is 4.90 Å². The van der Waals surface area contributed by atoms with Crippen molar-refractivity contribution >= 4 is 44.4 Å². The molecule has 8 heteroatoms. The Morgan fingerprint density at radius 1 is 1.39 bits per heavy atom. The number of nitrogens with zero attached hydrogens (tertiary/aromatic N) is 5. The minimum absolute atomic E-state index is 0.887. The molecule has 0 aliphatic rings. The van der Waals surface area contributed by atoms with Crippen LogP contribution in [0, 0.1) is 0 Å². The Balaban J connectivity index is 1.72. The highest BCUT2D eigenvalue weighted by molar-refractivity contribution is 8.00. The van der Waals surface area contributed by atoms with Gasteiger partial charge in [-0.15, -0.1) is 21.5 Å². The number of fused-ring (bicyclic) bond motifs is 1. The van der Waals surface area contributed by atoms with Crippen LogP contribution in [0.4, 0.5) is 5.13 Å². The molecule has 0 aliphatic carbocycles. The molecule has 0 spiro atoms. The zero-order valence-corrected chi connectivity index (χ0v) is 12.3. The predicted molar refractivity (Wildman–Crippen MR) is 76.9 cm³/mol. The van der Waals surface area contributed by atoms with E-state index in [1.54, 1.807) is 34.4 Å². The number of hydrogen-bond acceptors (Lipinski definition) is 7. The molecule has 3 heterocycles. The van der Waals surface area contributed by atoms with Gasteiger partial charge in [-0.05, 0) is 0 Å². The van der Waals surface area contributed by atoms with Gasteiger partial charge >= 0.3 is 0 Å². The van der Waals surface area contributed by atoms with Crippen LogP contribution in [0.5, 0.6) is 0 Å². The van der Waals surface area contributed by atoms with E-state index in [0.29, 0.717) is 0 Å². The molecular weight excluding hydrogens is 286 g/mol. The van der Waals surface area contributed by atoms with Gasteiger partial charge in [0.1, 0.15) is 11.2 Å². The van der Waals surface area contributed by atoms with E-state index < -0.39 is 0 Å². The van der Waals surface area contributed by atoms with Crippen LogP contribution in [0.15, 0.2) is 22.2 Å². The third kappa shape index (κ3) is 2.23. The summed E-state index contributed by atoms with van der Waals surface area (Å²) in [4.78, 5) is 7.29. The molecule has 3 aromatic heterocycles. The van der Waals surface area contributed by atoms with Gasteiger partial charge in [0.25, 0.3) is 0 Å². The van der Waals surface area contributed by atoms with Crippen molar-refractivity contribution in [2.45, 2.75) is 10.1 Å². The van der Waals surface area contributed by atoms with Crippen molar-refractivity contribution in [1.82, 2.24) is 19.6 Å². The molecule has 0 aliphatic heterocycles. The van der Waals surface area contributed by atoms with Crippen LogP contribution in [0.3, 0.4) is 0 Å². The Labute approximate surface area is 116 Å². The summed E-state index contributed by atoms with van der Waals surface area (Å²) in [6.45, 7) is 0. The van der Waals surface area contributed by atoms with Crippen molar-refractivity contribution in [3.63, 3.8) is 0 Å². The smallest absolute Gasteiger partial charge is 0.208 e. The molecule has 0 unspecified atom stereocenters. The molecule has 0 saturated carbocycles. The summed E-state index contributed by atoms with van der Waals surface area (Å²) in [5, 5.41) is 11.4. The molecule has 0 N–H and O–H groups in total. The van der Waals surface area contributed by atoms with Gasteiger partial charge in [0.2, 0.25) is 5.13 Å². The zero-order chi connectivity index (χ0) is 12.5. The number of imidazole rings is 1. The number of thioether (sulfide) groups is 1. The molecule has 0 bridgehead atoms. The van der Waals surface area contributed by atoms with Gasteiger partial charge in [-0.25, -0.2) is 4.98 Å². The molecule has 0 amide bonds. The quantitative estimate of drug-likeness (QED) is 0.693. The normalized spacial score (nSPS) is 11.2. The van der Waals surface area contributed by atoms with E-state index in [0.717, 1.165) is 15.2 Å². The average molecular weight is 297 g/mol. The Hall–Kier alpha value is -1.12. The highest BCUT2D eigenvalue weighted by atomic mass is 32.2. The molecule has 0 aromatic carbocycles.